The van der Waals surface area contributed by atoms with Crippen molar-refractivity contribution in [1.82, 2.24) is 19.8 Å². The van der Waals surface area contributed by atoms with E-state index in [2.05, 4.69) is 9.80 Å². The summed E-state index contributed by atoms with van der Waals surface area (Å²) in [5.74, 6) is 0.711. The van der Waals surface area contributed by atoms with Crippen LogP contribution in [0.1, 0.15) is 39.2 Å². The fourth-order valence-corrected chi connectivity index (χ4v) is 5.27. The van der Waals surface area contributed by atoms with Crippen molar-refractivity contribution in [3.8, 4) is 0 Å². The van der Waals surface area contributed by atoms with E-state index in [1.165, 1.54) is 0 Å². The van der Waals surface area contributed by atoms with Crippen molar-refractivity contribution in [2.45, 2.75) is 57.9 Å². The number of rotatable bonds is 4. The Kier molecular flexibility index (Phi) is 7.08. The Labute approximate surface area is 218 Å². The van der Waals surface area contributed by atoms with Crippen LogP contribution in [0, 0.1) is 0 Å². The summed E-state index contributed by atoms with van der Waals surface area (Å²) in [6, 6.07) is 10.1. The molecule has 4 heterocycles. The number of carbonyl (C=O) groups is 2. The molecule has 0 aliphatic carbocycles. The predicted octanol–water partition coefficient (Wildman–Crippen LogP) is 3.52. The Bertz CT molecular complexity index is 1070. The van der Waals surface area contributed by atoms with Gasteiger partial charge in [-0.3, -0.25) is 0 Å². The minimum atomic E-state index is -0.500. The summed E-state index contributed by atoms with van der Waals surface area (Å²) in [5, 5.41) is 0. The zero-order valence-electron chi connectivity index (χ0n) is 21.9. The first-order chi connectivity index (χ1) is 17.8. The number of likely N-dealkylation sites (tertiary alicyclic amines) is 1. The highest BCUT2D eigenvalue weighted by molar-refractivity contribution is 5.69. The van der Waals surface area contributed by atoms with Crippen molar-refractivity contribution in [2.75, 3.05) is 49.1 Å². The van der Waals surface area contributed by atoms with Gasteiger partial charge in [-0.25, -0.2) is 19.6 Å². The fraction of sp³-hybridized carbons (Fsp3) is 0.556. The van der Waals surface area contributed by atoms with Crippen molar-refractivity contribution in [1.29, 1.82) is 0 Å². The number of aromatic nitrogens is 2. The molecule has 3 saturated heterocycles. The molecular weight excluding hydrogens is 472 g/mol. The lowest BCUT2D eigenvalue weighted by Crippen LogP contribution is -2.56. The van der Waals surface area contributed by atoms with E-state index in [0.29, 0.717) is 45.2 Å². The molecule has 5 rings (SSSR count). The third-order valence-corrected chi connectivity index (χ3v) is 7.10. The van der Waals surface area contributed by atoms with Gasteiger partial charge in [0.05, 0.1) is 30.2 Å². The van der Waals surface area contributed by atoms with E-state index in [0.717, 1.165) is 24.1 Å². The average molecular weight is 509 g/mol. The van der Waals surface area contributed by atoms with Crippen molar-refractivity contribution >= 4 is 23.8 Å². The fourth-order valence-electron chi connectivity index (χ4n) is 5.27. The van der Waals surface area contributed by atoms with Crippen molar-refractivity contribution in [3.05, 3.63) is 48.3 Å². The molecular formula is C27H36N6O4. The number of anilines is 2. The zero-order valence-corrected chi connectivity index (χ0v) is 21.9. The highest BCUT2D eigenvalue weighted by Crippen LogP contribution is 2.34. The Morgan fingerprint density at radius 2 is 1.51 bits per heavy atom. The molecule has 0 saturated carbocycles. The van der Waals surface area contributed by atoms with Gasteiger partial charge >= 0.3 is 12.2 Å². The van der Waals surface area contributed by atoms with Crippen LogP contribution < -0.4 is 9.80 Å². The van der Waals surface area contributed by atoms with Crippen LogP contribution in [0.15, 0.2) is 42.7 Å². The van der Waals surface area contributed by atoms with E-state index in [1.54, 1.807) is 4.90 Å². The molecule has 0 radical (unpaired) electrons. The molecule has 37 heavy (non-hydrogen) atoms. The molecule has 3 aliphatic rings. The van der Waals surface area contributed by atoms with Gasteiger partial charge in [-0.15, -0.1) is 0 Å². The molecule has 10 heteroatoms. The molecule has 2 aromatic rings. The van der Waals surface area contributed by atoms with Gasteiger partial charge in [0, 0.05) is 39.3 Å². The van der Waals surface area contributed by atoms with Crippen molar-refractivity contribution < 1.29 is 19.1 Å². The van der Waals surface area contributed by atoms with Crippen molar-refractivity contribution in [3.63, 3.8) is 0 Å². The molecule has 198 valence electrons. The van der Waals surface area contributed by atoms with Gasteiger partial charge in [-0.05, 0) is 39.2 Å². The van der Waals surface area contributed by atoms with E-state index < -0.39 is 5.60 Å². The number of piperazine rings is 2. The van der Waals surface area contributed by atoms with Crippen LogP contribution in [0.3, 0.4) is 0 Å². The molecule has 2 amide bonds. The minimum Gasteiger partial charge on any atom is -0.445 e. The zero-order chi connectivity index (χ0) is 26.0. The maximum Gasteiger partial charge on any atom is 0.410 e. The van der Waals surface area contributed by atoms with Gasteiger partial charge in [-0.2, -0.15) is 0 Å². The molecule has 3 fully saturated rings. The number of benzene rings is 1. The van der Waals surface area contributed by atoms with Gasteiger partial charge in [-0.1, -0.05) is 30.3 Å². The number of fused-ring (bicyclic) bond motifs is 2. The lowest BCUT2D eigenvalue weighted by atomic mass is 10.2. The van der Waals surface area contributed by atoms with Gasteiger partial charge in [0.1, 0.15) is 12.2 Å². The molecule has 1 aromatic carbocycles. The first-order valence-electron chi connectivity index (χ1n) is 13.1. The Hall–Kier alpha value is -3.56. The summed E-state index contributed by atoms with van der Waals surface area (Å²) in [4.78, 5) is 42.5. The third kappa shape index (κ3) is 5.89. The molecule has 0 spiro atoms. The minimum absolute atomic E-state index is 0.197. The summed E-state index contributed by atoms with van der Waals surface area (Å²) in [6.07, 6.45) is 5.23. The van der Waals surface area contributed by atoms with E-state index in [1.807, 2.05) is 68.4 Å². The Morgan fingerprint density at radius 3 is 2.11 bits per heavy atom. The topological polar surface area (TPSA) is 91.3 Å². The van der Waals surface area contributed by atoms with Crippen molar-refractivity contribution in [2.24, 2.45) is 0 Å². The van der Waals surface area contributed by atoms with E-state index in [9.17, 15) is 9.59 Å². The number of amides is 2. The second-order valence-corrected chi connectivity index (χ2v) is 10.9. The van der Waals surface area contributed by atoms with Crippen LogP contribution in [-0.2, 0) is 16.1 Å². The second kappa shape index (κ2) is 10.4. The molecule has 0 N–H and O–H groups in total. The lowest BCUT2D eigenvalue weighted by molar-refractivity contribution is 0.0208. The smallest absolute Gasteiger partial charge is 0.410 e. The number of ether oxygens (including phenoxy) is 2. The first kappa shape index (κ1) is 25.1. The van der Waals surface area contributed by atoms with Crippen LogP contribution in [0.2, 0.25) is 0 Å². The largest absolute Gasteiger partial charge is 0.445 e. The summed E-state index contributed by atoms with van der Waals surface area (Å²) in [5.41, 5.74) is 1.42. The molecule has 3 aliphatic heterocycles. The lowest BCUT2D eigenvalue weighted by Gasteiger charge is -2.41. The molecule has 2 unspecified atom stereocenters. The number of nitrogens with zero attached hydrogens (tertiary/aromatic N) is 6. The van der Waals surface area contributed by atoms with E-state index in [4.69, 9.17) is 19.4 Å². The maximum atomic E-state index is 12.6. The molecule has 1 aromatic heterocycles. The summed E-state index contributed by atoms with van der Waals surface area (Å²) in [7, 11) is 0. The SMILES string of the molecule is CC(C)(C)OC(=O)N1CC2CCC(C1)N2c1ncc(N2CCN(C(=O)OCc3ccccc3)CC2)cn1. The van der Waals surface area contributed by atoms with Crippen LogP contribution >= 0.6 is 0 Å². The highest BCUT2D eigenvalue weighted by Gasteiger charge is 2.43. The first-order valence-corrected chi connectivity index (χ1v) is 13.1. The average Bonchev–Trinajstić information content (AvgIpc) is 3.15. The van der Waals surface area contributed by atoms with Gasteiger partial charge in [0.15, 0.2) is 0 Å². The van der Waals surface area contributed by atoms with Crippen LogP contribution in [0.5, 0.6) is 0 Å². The summed E-state index contributed by atoms with van der Waals surface area (Å²) < 4.78 is 11.1. The number of carbonyl (C=O) groups excluding carboxylic acids is 2. The quantitative estimate of drug-likeness (QED) is 0.620. The summed E-state index contributed by atoms with van der Waals surface area (Å²) >= 11 is 0. The van der Waals surface area contributed by atoms with Crippen LogP contribution in [0.4, 0.5) is 21.2 Å². The molecule has 2 bridgehead atoms. The maximum absolute atomic E-state index is 12.6. The standard InChI is InChI=1S/C27H36N6O4/c1-27(2,3)37-26(35)32-17-21-9-10-22(18-32)33(21)24-28-15-23(16-29-24)30-11-13-31(14-12-30)25(34)36-19-20-7-5-4-6-8-20/h4-8,15-16,21-22H,9-14,17-19H2,1-3H3. The molecule has 10 nitrogen and oxygen atoms in total. The normalized spacial score (nSPS) is 21.7. The van der Waals surface area contributed by atoms with Gasteiger partial charge in [0.25, 0.3) is 0 Å². The third-order valence-electron chi connectivity index (χ3n) is 7.10. The summed E-state index contributed by atoms with van der Waals surface area (Å²) in [6.45, 7) is 9.78. The number of hydrogen-bond donors (Lipinski definition) is 0. The Morgan fingerprint density at radius 1 is 0.892 bits per heavy atom. The second-order valence-electron chi connectivity index (χ2n) is 10.9. The highest BCUT2D eigenvalue weighted by atomic mass is 16.6. The van der Waals surface area contributed by atoms with Crippen LogP contribution in [0.25, 0.3) is 0 Å². The van der Waals surface area contributed by atoms with E-state index in [-0.39, 0.29) is 30.9 Å². The Balaban J connectivity index is 1.13. The number of hydrogen-bond acceptors (Lipinski definition) is 8. The van der Waals surface area contributed by atoms with Gasteiger partial charge in [0.2, 0.25) is 5.95 Å². The predicted molar refractivity (Wildman–Crippen MR) is 140 cm³/mol. The monoisotopic (exact) mass is 508 g/mol. The van der Waals surface area contributed by atoms with E-state index >= 15 is 0 Å². The van der Waals surface area contributed by atoms with Gasteiger partial charge < -0.3 is 29.1 Å². The molecule has 2 atom stereocenters. The van der Waals surface area contributed by atoms with Crippen LogP contribution in [-0.4, -0.2) is 88.9 Å².